The van der Waals surface area contributed by atoms with Crippen LogP contribution in [0, 0.1) is 0 Å². The van der Waals surface area contributed by atoms with E-state index in [2.05, 4.69) is 56.5 Å². The lowest BCUT2D eigenvalue weighted by Crippen LogP contribution is -2.41. The molecule has 6 rings (SSSR count). The van der Waals surface area contributed by atoms with E-state index in [1.165, 1.54) is 38.0 Å². The quantitative estimate of drug-likeness (QED) is 0.320. The lowest BCUT2D eigenvalue weighted by atomic mass is 10.1. The van der Waals surface area contributed by atoms with Gasteiger partial charge in [0.25, 0.3) is 5.56 Å². The number of likely N-dealkylation sites (tertiary alicyclic amines) is 1. The maximum absolute atomic E-state index is 12.4. The van der Waals surface area contributed by atoms with E-state index in [9.17, 15) is 9.90 Å². The van der Waals surface area contributed by atoms with Crippen molar-refractivity contribution >= 4 is 34.9 Å². The first-order chi connectivity index (χ1) is 18.2. The van der Waals surface area contributed by atoms with E-state index in [4.69, 9.17) is 4.74 Å². The summed E-state index contributed by atoms with van der Waals surface area (Å²) in [5.41, 5.74) is 2.85. The fraction of sp³-hybridized carbons (Fsp3) is 0.393. The number of morpholine rings is 1. The summed E-state index contributed by atoms with van der Waals surface area (Å²) in [7, 11) is 0. The summed E-state index contributed by atoms with van der Waals surface area (Å²) in [6.07, 6.45) is 4.07. The van der Waals surface area contributed by atoms with Gasteiger partial charge in [0.05, 0.1) is 19.3 Å². The Hall–Kier alpha value is -2.43. The minimum atomic E-state index is -0.102. The van der Waals surface area contributed by atoms with Crippen molar-refractivity contribution < 1.29 is 9.84 Å². The predicted molar refractivity (Wildman–Crippen MR) is 149 cm³/mol. The first-order valence-corrected chi connectivity index (χ1v) is 14.6. The first kappa shape index (κ1) is 24.9. The molecule has 7 nitrogen and oxygen atoms in total. The fourth-order valence-corrected chi connectivity index (χ4v) is 7.80. The highest BCUT2D eigenvalue weighted by atomic mass is 32.2. The number of H-pyrrole nitrogens is 1. The summed E-state index contributed by atoms with van der Waals surface area (Å²) in [5, 5.41) is 13.5. The third kappa shape index (κ3) is 5.42. The molecule has 4 heterocycles. The second-order valence-electron chi connectivity index (χ2n) is 9.76. The van der Waals surface area contributed by atoms with Crippen molar-refractivity contribution in [2.75, 3.05) is 56.2 Å². The Labute approximate surface area is 225 Å². The molecule has 9 heteroatoms. The Kier molecular flexibility index (Phi) is 7.48. The van der Waals surface area contributed by atoms with E-state index in [1.54, 1.807) is 29.7 Å². The smallest absolute Gasteiger partial charge is 0.271 e. The van der Waals surface area contributed by atoms with Crippen LogP contribution in [0.25, 0.3) is 0 Å². The third-order valence-corrected chi connectivity index (χ3v) is 9.82. The number of fused-ring (bicyclic) bond motifs is 2. The molecule has 37 heavy (non-hydrogen) atoms. The Balaban J connectivity index is 1.19. The van der Waals surface area contributed by atoms with Crippen LogP contribution < -0.4 is 15.8 Å². The molecule has 3 aromatic rings. The molecule has 0 saturated carbocycles. The fourth-order valence-electron chi connectivity index (χ4n) is 5.35. The first-order valence-electron chi connectivity index (χ1n) is 12.9. The van der Waals surface area contributed by atoms with Gasteiger partial charge in [-0.2, -0.15) is 0 Å². The zero-order valence-corrected chi connectivity index (χ0v) is 22.3. The second kappa shape index (κ2) is 11.1. The molecule has 2 fully saturated rings. The molecule has 3 N–H and O–H groups in total. The Bertz CT molecular complexity index is 1310. The van der Waals surface area contributed by atoms with Crippen LogP contribution in [0.4, 0.5) is 11.4 Å². The van der Waals surface area contributed by atoms with Crippen LogP contribution in [-0.4, -0.2) is 67.0 Å². The standard InChI is InChI=1S/C28H32N4O3S2/c33-18-20(16-31-11-1-2-12-31)30-19-8-9-24-26(15-19)36-25-7-3-5-21(27(25)37-24)23-17-32(13-14-35-23)22-6-4-10-29-28(22)34/h3-10,15,20,23,30,33H,1-2,11-14,16-18H2,(H,29,34). The van der Waals surface area contributed by atoms with Gasteiger partial charge in [-0.3, -0.25) is 4.79 Å². The number of aromatic amines is 1. The van der Waals surface area contributed by atoms with Crippen LogP contribution in [0.1, 0.15) is 24.5 Å². The Morgan fingerprint density at radius 2 is 1.95 bits per heavy atom. The number of hydrogen-bond donors (Lipinski definition) is 3. The largest absolute Gasteiger partial charge is 0.394 e. The number of aromatic nitrogens is 1. The van der Waals surface area contributed by atoms with E-state index < -0.39 is 0 Å². The van der Waals surface area contributed by atoms with E-state index in [1.807, 2.05) is 12.1 Å². The summed E-state index contributed by atoms with van der Waals surface area (Å²) < 4.78 is 6.23. The second-order valence-corrected chi connectivity index (χ2v) is 11.9. The molecule has 194 valence electrons. The van der Waals surface area contributed by atoms with E-state index >= 15 is 0 Å². The van der Waals surface area contributed by atoms with Crippen LogP contribution in [-0.2, 0) is 4.74 Å². The van der Waals surface area contributed by atoms with Crippen LogP contribution in [0.15, 0.2) is 79.1 Å². The predicted octanol–water partition coefficient (Wildman–Crippen LogP) is 4.44. The number of pyridine rings is 1. The normalized spacial score (nSPS) is 20.4. The molecule has 0 spiro atoms. The topological polar surface area (TPSA) is 80.8 Å². The van der Waals surface area contributed by atoms with Crippen molar-refractivity contribution in [1.29, 1.82) is 0 Å². The third-order valence-electron chi connectivity index (χ3n) is 7.20. The highest BCUT2D eigenvalue weighted by Gasteiger charge is 2.29. The average Bonchev–Trinajstić information content (AvgIpc) is 3.44. The molecule has 1 aromatic heterocycles. The van der Waals surface area contributed by atoms with Crippen molar-refractivity contribution in [2.24, 2.45) is 0 Å². The molecule has 3 aliphatic heterocycles. The van der Waals surface area contributed by atoms with E-state index in [0.29, 0.717) is 25.4 Å². The maximum atomic E-state index is 12.4. The van der Waals surface area contributed by atoms with Crippen LogP contribution in [0.3, 0.4) is 0 Å². The van der Waals surface area contributed by atoms with Gasteiger partial charge < -0.3 is 29.9 Å². The van der Waals surface area contributed by atoms with Crippen molar-refractivity contribution in [1.82, 2.24) is 9.88 Å². The molecule has 2 atom stereocenters. The minimum Gasteiger partial charge on any atom is -0.394 e. The molecule has 0 amide bonds. The zero-order valence-electron chi connectivity index (χ0n) is 20.7. The molecule has 2 saturated heterocycles. The lowest BCUT2D eigenvalue weighted by Gasteiger charge is -2.35. The highest BCUT2D eigenvalue weighted by molar-refractivity contribution is 8.05. The van der Waals surface area contributed by atoms with Gasteiger partial charge in [0, 0.05) is 51.1 Å². The molecule has 3 aliphatic rings. The molecule has 2 aromatic carbocycles. The monoisotopic (exact) mass is 536 g/mol. The number of aliphatic hydroxyl groups is 1. The summed E-state index contributed by atoms with van der Waals surface area (Å²) in [4.78, 5) is 24.6. The van der Waals surface area contributed by atoms with E-state index in [0.717, 1.165) is 25.3 Å². The summed E-state index contributed by atoms with van der Waals surface area (Å²) >= 11 is 3.57. The lowest BCUT2D eigenvalue weighted by molar-refractivity contribution is 0.0378. The van der Waals surface area contributed by atoms with Gasteiger partial charge in [0.15, 0.2) is 0 Å². The summed E-state index contributed by atoms with van der Waals surface area (Å²) in [6, 6.07) is 16.7. The Morgan fingerprint density at radius 3 is 2.78 bits per heavy atom. The number of nitrogens with one attached hydrogen (secondary N) is 2. The van der Waals surface area contributed by atoms with Crippen molar-refractivity contribution in [3.8, 4) is 0 Å². The van der Waals surface area contributed by atoms with Crippen molar-refractivity contribution in [2.45, 2.75) is 44.6 Å². The van der Waals surface area contributed by atoms with Gasteiger partial charge >= 0.3 is 0 Å². The van der Waals surface area contributed by atoms with Crippen LogP contribution >= 0.6 is 23.5 Å². The molecular formula is C28H32N4O3S2. The van der Waals surface area contributed by atoms with Gasteiger partial charge in [-0.05, 0) is 67.9 Å². The molecular weight excluding hydrogens is 504 g/mol. The molecule has 0 aliphatic carbocycles. The van der Waals surface area contributed by atoms with Gasteiger partial charge in [-0.15, -0.1) is 0 Å². The van der Waals surface area contributed by atoms with Gasteiger partial charge in [-0.25, -0.2) is 0 Å². The maximum Gasteiger partial charge on any atom is 0.271 e. The number of anilines is 2. The minimum absolute atomic E-state index is 0.0273. The van der Waals surface area contributed by atoms with Gasteiger partial charge in [0.1, 0.15) is 11.8 Å². The van der Waals surface area contributed by atoms with Crippen LogP contribution in [0.2, 0.25) is 0 Å². The number of rotatable bonds is 7. The Morgan fingerprint density at radius 1 is 1.05 bits per heavy atom. The number of aliphatic hydroxyl groups excluding tert-OH is 1. The molecule has 0 radical (unpaired) electrons. The molecule has 0 bridgehead atoms. The van der Waals surface area contributed by atoms with E-state index in [-0.39, 0.29) is 24.3 Å². The number of ether oxygens (including phenoxy) is 1. The van der Waals surface area contributed by atoms with Gasteiger partial charge in [0.2, 0.25) is 0 Å². The van der Waals surface area contributed by atoms with Crippen LogP contribution in [0.5, 0.6) is 0 Å². The van der Waals surface area contributed by atoms with Crippen molar-refractivity contribution in [3.05, 3.63) is 70.6 Å². The SMILES string of the molecule is O=c1[nH]cccc1N1CCOC(c2cccc3c2Sc2ccc(NC(CO)CN4CCCC4)cc2S3)C1. The summed E-state index contributed by atoms with van der Waals surface area (Å²) in [6.45, 7) is 5.16. The van der Waals surface area contributed by atoms with Crippen molar-refractivity contribution in [3.63, 3.8) is 0 Å². The molecule has 2 unspecified atom stereocenters. The number of hydrogen-bond acceptors (Lipinski definition) is 8. The summed E-state index contributed by atoms with van der Waals surface area (Å²) in [5.74, 6) is 0. The van der Waals surface area contributed by atoms with Gasteiger partial charge in [-0.1, -0.05) is 35.7 Å². The highest BCUT2D eigenvalue weighted by Crippen LogP contribution is 2.51. The average molecular weight is 537 g/mol. The number of benzene rings is 2. The number of nitrogens with zero attached hydrogens (tertiary/aromatic N) is 2. The zero-order chi connectivity index (χ0) is 25.2.